The van der Waals surface area contributed by atoms with Crippen molar-refractivity contribution in [2.45, 2.75) is 25.4 Å². The Morgan fingerprint density at radius 2 is 1.43 bits per heavy atom. The van der Waals surface area contributed by atoms with E-state index in [4.69, 9.17) is 9.47 Å². The topological polar surface area (TPSA) is 59.6 Å². The normalized spacial score (nSPS) is 13.9. The van der Waals surface area contributed by atoms with Crippen molar-refractivity contribution in [2.24, 2.45) is 0 Å². The lowest BCUT2D eigenvalue weighted by atomic mass is 9.98. The molecule has 154 valence electrons. The highest BCUT2D eigenvalue weighted by Gasteiger charge is 2.21. The maximum atomic E-state index is 13.0. The molecule has 0 saturated carbocycles. The predicted molar refractivity (Wildman–Crippen MR) is 118 cm³/mol. The fourth-order valence-corrected chi connectivity index (χ4v) is 3.49. The van der Waals surface area contributed by atoms with E-state index in [-0.39, 0.29) is 11.9 Å². The average molecular weight is 402 g/mol. The van der Waals surface area contributed by atoms with Gasteiger partial charge in [-0.05, 0) is 30.2 Å². The molecule has 0 saturated heterocycles. The second-order valence-electron chi connectivity index (χ2n) is 7.34. The van der Waals surface area contributed by atoms with Gasteiger partial charge in [0.15, 0.2) is 11.5 Å². The summed E-state index contributed by atoms with van der Waals surface area (Å²) in [4.78, 5) is 13.0. The highest BCUT2D eigenvalue weighted by Crippen LogP contribution is 2.32. The van der Waals surface area contributed by atoms with Gasteiger partial charge in [-0.25, -0.2) is 0 Å². The first-order valence-corrected chi connectivity index (χ1v) is 10.3. The first-order chi connectivity index (χ1) is 14.7. The van der Waals surface area contributed by atoms with E-state index in [0.717, 1.165) is 29.0 Å². The second kappa shape index (κ2) is 9.35. The molecule has 1 aliphatic heterocycles. The molecule has 1 atom stereocenters. The number of anilines is 1. The minimum atomic E-state index is -0.426. The van der Waals surface area contributed by atoms with Crippen LogP contribution in [0.2, 0.25) is 0 Å². The first-order valence-electron chi connectivity index (χ1n) is 10.3. The standard InChI is InChI=1S/C25H26N2O3/c1-18(26-21-13-14-22-23(17-21)30-16-8-15-29-22)25(28)27-24(19-9-4-2-5-10-19)20-11-6-3-7-12-20/h2-7,9-14,17-18,24,26H,8,15-16H2,1H3,(H,27,28)/t18-/m1/s1. The van der Waals surface area contributed by atoms with Gasteiger partial charge in [0.2, 0.25) is 5.91 Å². The zero-order chi connectivity index (χ0) is 20.8. The van der Waals surface area contributed by atoms with Crippen molar-refractivity contribution in [1.82, 2.24) is 5.32 Å². The number of hydrogen-bond acceptors (Lipinski definition) is 4. The van der Waals surface area contributed by atoms with Crippen LogP contribution in [0.5, 0.6) is 11.5 Å². The molecule has 3 aromatic rings. The van der Waals surface area contributed by atoms with Gasteiger partial charge in [-0.1, -0.05) is 60.7 Å². The van der Waals surface area contributed by atoms with Crippen LogP contribution in [0.3, 0.4) is 0 Å². The number of benzene rings is 3. The molecule has 3 aromatic carbocycles. The second-order valence-corrected chi connectivity index (χ2v) is 7.34. The van der Waals surface area contributed by atoms with E-state index < -0.39 is 6.04 Å². The molecular weight excluding hydrogens is 376 g/mol. The number of amides is 1. The Morgan fingerprint density at radius 1 is 0.833 bits per heavy atom. The van der Waals surface area contributed by atoms with Gasteiger partial charge in [0.25, 0.3) is 0 Å². The van der Waals surface area contributed by atoms with E-state index in [2.05, 4.69) is 10.6 Å². The highest BCUT2D eigenvalue weighted by atomic mass is 16.5. The molecule has 0 spiro atoms. The van der Waals surface area contributed by atoms with Crippen molar-refractivity contribution in [2.75, 3.05) is 18.5 Å². The minimum absolute atomic E-state index is 0.0835. The van der Waals surface area contributed by atoms with Crippen molar-refractivity contribution < 1.29 is 14.3 Å². The summed E-state index contributed by atoms with van der Waals surface area (Å²) in [5.41, 5.74) is 2.90. The van der Waals surface area contributed by atoms with Crippen LogP contribution in [-0.2, 0) is 4.79 Å². The fourth-order valence-electron chi connectivity index (χ4n) is 3.49. The molecule has 0 bridgehead atoms. The molecule has 1 amide bonds. The van der Waals surface area contributed by atoms with Crippen molar-refractivity contribution >= 4 is 11.6 Å². The number of carbonyl (C=O) groups is 1. The Hall–Kier alpha value is -3.47. The van der Waals surface area contributed by atoms with Gasteiger partial charge in [0, 0.05) is 18.2 Å². The third-order valence-electron chi connectivity index (χ3n) is 5.08. The number of nitrogens with one attached hydrogen (secondary N) is 2. The number of carbonyl (C=O) groups excluding carboxylic acids is 1. The zero-order valence-corrected chi connectivity index (χ0v) is 17.0. The van der Waals surface area contributed by atoms with Gasteiger partial charge < -0.3 is 20.1 Å². The summed E-state index contributed by atoms with van der Waals surface area (Å²) in [6.45, 7) is 3.13. The number of ether oxygens (including phenoxy) is 2. The van der Waals surface area contributed by atoms with Crippen molar-refractivity contribution in [3.8, 4) is 11.5 Å². The average Bonchev–Trinajstić information content (AvgIpc) is 3.03. The van der Waals surface area contributed by atoms with Crippen LogP contribution < -0.4 is 20.1 Å². The van der Waals surface area contributed by atoms with Gasteiger partial charge >= 0.3 is 0 Å². The van der Waals surface area contributed by atoms with Crippen molar-refractivity contribution in [3.05, 3.63) is 90.0 Å². The van der Waals surface area contributed by atoms with E-state index in [1.54, 1.807) is 0 Å². The third kappa shape index (κ3) is 4.74. The molecule has 5 heteroatoms. The summed E-state index contributed by atoms with van der Waals surface area (Å²) in [6.07, 6.45) is 0.858. The largest absolute Gasteiger partial charge is 0.490 e. The molecule has 2 N–H and O–H groups in total. The van der Waals surface area contributed by atoms with Crippen LogP contribution in [0, 0.1) is 0 Å². The maximum absolute atomic E-state index is 13.0. The van der Waals surface area contributed by atoms with Crippen LogP contribution in [0.15, 0.2) is 78.9 Å². The van der Waals surface area contributed by atoms with Gasteiger partial charge in [-0.15, -0.1) is 0 Å². The van der Waals surface area contributed by atoms with Crippen molar-refractivity contribution in [1.29, 1.82) is 0 Å². The summed E-state index contributed by atoms with van der Waals surface area (Å²) in [5, 5.41) is 6.46. The van der Waals surface area contributed by atoms with Gasteiger partial charge in [-0.3, -0.25) is 4.79 Å². The van der Waals surface area contributed by atoms with Gasteiger partial charge in [-0.2, -0.15) is 0 Å². The maximum Gasteiger partial charge on any atom is 0.242 e. The highest BCUT2D eigenvalue weighted by molar-refractivity contribution is 5.85. The summed E-state index contributed by atoms with van der Waals surface area (Å²) in [6, 6.07) is 25.0. The van der Waals surface area contributed by atoms with Crippen LogP contribution in [0.4, 0.5) is 5.69 Å². The van der Waals surface area contributed by atoms with E-state index in [0.29, 0.717) is 19.0 Å². The molecule has 0 aliphatic carbocycles. The summed E-state index contributed by atoms with van der Waals surface area (Å²) >= 11 is 0. The lowest BCUT2D eigenvalue weighted by molar-refractivity contribution is -0.122. The Labute approximate surface area is 177 Å². The summed E-state index contributed by atoms with van der Waals surface area (Å²) in [5.74, 6) is 1.36. The third-order valence-corrected chi connectivity index (χ3v) is 5.08. The SMILES string of the molecule is C[C@@H](Nc1ccc2c(c1)OCCCO2)C(=O)NC(c1ccccc1)c1ccccc1. The molecule has 5 nitrogen and oxygen atoms in total. The molecule has 0 aromatic heterocycles. The van der Waals surface area contributed by atoms with Gasteiger partial charge in [0.1, 0.15) is 6.04 Å². The van der Waals surface area contributed by atoms with E-state index in [1.165, 1.54) is 0 Å². The first kappa shape index (κ1) is 19.8. The molecule has 1 heterocycles. The number of rotatable bonds is 6. The Kier molecular flexibility index (Phi) is 6.18. The summed E-state index contributed by atoms with van der Waals surface area (Å²) in [7, 11) is 0. The van der Waals surface area contributed by atoms with Crippen molar-refractivity contribution in [3.63, 3.8) is 0 Å². The van der Waals surface area contributed by atoms with E-state index in [1.807, 2.05) is 85.8 Å². The van der Waals surface area contributed by atoms with E-state index >= 15 is 0 Å². The molecule has 0 fully saturated rings. The molecule has 1 aliphatic rings. The zero-order valence-electron chi connectivity index (χ0n) is 17.0. The number of fused-ring (bicyclic) bond motifs is 1. The predicted octanol–water partition coefficient (Wildman–Crippen LogP) is 4.55. The fraction of sp³-hybridized carbons (Fsp3) is 0.240. The summed E-state index contributed by atoms with van der Waals surface area (Å²) < 4.78 is 11.4. The van der Waals surface area contributed by atoms with Crippen LogP contribution in [0.25, 0.3) is 0 Å². The van der Waals surface area contributed by atoms with Crippen LogP contribution in [-0.4, -0.2) is 25.2 Å². The molecule has 4 rings (SSSR count). The quantitative estimate of drug-likeness (QED) is 0.635. The number of hydrogen-bond donors (Lipinski definition) is 2. The van der Waals surface area contributed by atoms with Crippen LogP contribution >= 0.6 is 0 Å². The lowest BCUT2D eigenvalue weighted by Crippen LogP contribution is -2.40. The van der Waals surface area contributed by atoms with E-state index in [9.17, 15) is 4.79 Å². The smallest absolute Gasteiger partial charge is 0.242 e. The molecule has 30 heavy (non-hydrogen) atoms. The minimum Gasteiger partial charge on any atom is -0.490 e. The Balaban J connectivity index is 1.48. The Bertz CT molecular complexity index is 937. The Morgan fingerprint density at radius 3 is 2.07 bits per heavy atom. The lowest BCUT2D eigenvalue weighted by Gasteiger charge is -2.23. The van der Waals surface area contributed by atoms with Crippen LogP contribution in [0.1, 0.15) is 30.5 Å². The van der Waals surface area contributed by atoms with Gasteiger partial charge in [0.05, 0.1) is 19.3 Å². The monoisotopic (exact) mass is 402 g/mol. The molecule has 0 unspecified atom stereocenters. The molecular formula is C25H26N2O3. The molecule has 0 radical (unpaired) electrons.